The zero-order valence-electron chi connectivity index (χ0n) is 36.2. The van der Waals surface area contributed by atoms with E-state index in [1.807, 2.05) is 20.8 Å². The maximum Gasteiger partial charge on any atom is 0.318 e. The lowest BCUT2D eigenvalue weighted by atomic mass is 9.73. The maximum absolute atomic E-state index is 15.2. The standard InChI is InChI=1S/C44H65N7O8S/c1-8-29-25-44(29,38(55)49-60(57,58)32-18-13-12-17-30(32)45-7)48-35(52)31-26-43(41(5,6)42(43)19-14-20-42)27-51(31)37(54)34(40(2,3)4)47-36(53)33(28-15-10-9-11-16-28)46-39(56)50-21-23-59-24-22-50/h8,12-13,17-18,28-29,31,33-34,45H,1,9-11,14-16,19-27H2,2-7H3,(H,46,56)(H,47,53)(H,48,52)(H,49,55)/t29-,31+,33+,34-,43-,44-/m1/s1. The summed E-state index contributed by atoms with van der Waals surface area (Å²) >= 11 is 0. The first kappa shape index (κ1) is 43.9. The van der Waals surface area contributed by atoms with E-state index in [0.29, 0.717) is 45.0 Å². The van der Waals surface area contributed by atoms with Gasteiger partial charge in [-0.05, 0) is 72.8 Å². The van der Waals surface area contributed by atoms with Crippen LogP contribution in [-0.2, 0) is 33.9 Å². The van der Waals surface area contributed by atoms with Crippen LogP contribution >= 0.6 is 0 Å². The summed E-state index contributed by atoms with van der Waals surface area (Å²) in [6.07, 6.45) is 9.55. The van der Waals surface area contributed by atoms with E-state index in [1.54, 1.807) is 35.0 Å². The fourth-order valence-electron chi connectivity index (χ4n) is 11.5. The normalized spacial score (nSPS) is 29.1. The van der Waals surface area contributed by atoms with E-state index in [-0.39, 0.29) is 39.5 Å². The van der Waals surface area contributed by atoms with Crippen molar-refractivity contribution in [1.29, 1.82) is 0 Å². The maximum atomic E-state index is 15.2. The first-order valence-corrected chi connectivity index (χ1v) is 23.3. The van der Waals surface area contributed by atoms with Gasteiger partial charge in [0.15, 0.2) is 0 Å². The summed E-state index contributed by atoms with van der Waals surface area (Å²) in [4.78, 5) is 75.3. The molecule has 330 valence electrons. The van der Waals surface area contributed by atoms with Gasteiger partial charge in [0, 0.05) is 38.0 Å². The van der Waals surface area contributed by atoms with Crippen LogP contribution in [0.15, 0.2) is 41.8 Å². The monoisotopic (exact) mass is 851 g/mol. The molecule has 7 rings (SSSR count). The first-order valence-electron chi connectivity index (χ1n) is 21.8. The van der Waals surface area contributed by atoms with Gasteiger partial charge in [0.2, 0.25) is 17.7 Å². The Balaban J connectivity index is 1.16. The van der Waals surface area contributed by atoms with Crippen molar-refractivity contribution in [3.05, 3.63) is 36.9 Å². The number of nitrogens with zero attached hydrogens (tertiary/aromatic N) is 2. The van der Waals surface area contributed by atoms with Gasteiger partial charge in [0.1, 0.15) is 28.6 Å². The highest BCUT2D eigenvalue weighted by Crippen LogP contribution is 2.88. The van der Waals surface area contributed by atoms with Crippen LogP contribution in [0.2, 0.25) is 0 Å². The number of benzene rings is 1. The quantitative estimate of drug-likeness (QED) is 0.194. The highest BCUT2D eigenvalue weighted by atomic mass is 32.2. The molecule has 2 heterocycles. The summed E-state index contributed by atoms with van der Waals surface area (Å²) in [5.74, 6) is -2.93. The number of para-hydroxylation sites is 1. The van der Waals surface area contributed by atoms with Crippen LogP contribution in [-0.4, -0.2) is 111 Å². The van der Waals surface area contributed by atoms with E-state index in [2.05, 4.69) is 46.4 Å². The summed E-state index contributed by atoms with van der Waals surface area (Å²) < 4.78 is 34.8. The third kappa shape index (κ3) is 7.36. The summed E-state index contributed by atoms with van der Waals surface area (Å²) in [6.45, 7) is 15.9. The second-order valence-electron chi connectivity index (χ2n) is 19.7. The number of anilines is 1. The average molecular weight is 852 g/mol. The molecular weight excluding hydrogens is 787 g/mol. The number of carbonyl (C=O) groups excluding carboxylic acids is 5. The largest absolute Gasteiger partial charge is 0.387 e. The molecule has 5 N–H and O–H groups in total. The third-order valence-electron chi connectivity index (χ3n) is 15.5. The molecule has 15 nitrogen and oxygen atoms in total. The van der Waals surface area contributed by atoms with Crippen molar-refractivity contribution in [2.45, 2.75) is 127 Å². The molecule has 0 aromatic heterocycles. The van der Waals surface area contributed by atoms with Crippen LogP contribution in [0.3, 0.4) is 0 Å². The second kappa shape index (κ2) is 15.9. The van der Waals surface area contributed by atoms with Gasteiger partial charge in [-0.3, -0.25) is 19.2 Å². The topological polar surface area (TPSA) is 195 Å². The van der Waals surface area contributed by atoms with E-state index in [4.69, 9.17) is 4.74 Å². The molecule has 1 aromatic carbocycles. The minimum Gasteiger partial charge on any atom is -0.387 e. The Hall–Kier alpha value is -4.18. The molecule has 6 fully saturated rings. The average Bonchev–Trinajstić information content (AvgIpc) is 3.93. The Morgan fingerprint density at radius 2 is 1.60 bits per heavy atom. The number of hydrogen-bond donors (Lipinski definition) is 5. The molecule has 4 saturated carbocycles. The fraction of sp³-hybridized carbons (Fsp3) is 0.705. The molecule has 2 spiro atoms. The molecule has 4 aliphatic carbocycles. The number of morpholine rings is 1. The Morgan fingerprint density at radius 3 is 2.17 bits per heavy atom. The molecule has 1 aromatic rings. The van der Waals surface area contributed by atoms with Crippen molar-refractivity contribution in [2.75, 3.05) is 45.2 Å². The molecule has 0 radical (unpaired) electrons. The summed E-state index contributed by atoms with van der Waals surface area (Å²) in [5, 5.41) is 11.9. The Bertz CT molecular complexity index is 2000. The van der Waals surface area contributed by atoms with Crippen molar-refractivity contribution in [3.8, 4) is 0 Å². The van der Waals surface area contributed by atoms with Gasteiger partial charge in [-0.25, -0.2) is 17.9 Å². The van der Waals surface area contributed by atoms with E-state index in [0.717, 1.165) is 51.4 Å². The predicted octanol–water partition coefficient (Wildman–Crippen LogP) is 3.91. The number of fused-ring (bicyclic) bond motifs is 1. The molecule has 2 aliphatic heterocycles. The number of rotatable bonds is 12. The summed E-state index contributed by atoms with van der Waals surface area (Å²) in [5.41, 5.74) is -2.67. The number of urea groups is 1. The van der Waals surface area contributed by atoms with Crippen molar-refractivity contribution >= 4 is 45.4 Å². The lowest BCUT2D eigenvalue weighted by Crippen LogP contribution is -2.63. The zero-order valence-corrected chi connectivity index (χ0v) is 37.0. The van der Waals surface area contributed by atoms with Crippen LogP contribution in [0.5, 0.6) is 0 Å². The minimum absolute atomic E-state index is 0.0447. The van der Waals surface area contributed by atoms with Crippen LogP contribution < -0.4 is 26.0 Å². The number of ether oxygens (including phenoxy) is 1. The SMILES string of the molecule is C=C[C@@H]1C[C@]1(NC(=O)[C@@H]1C[C@@]2(CN1C(=O)[C@@H](NC(=O)[C@@H](NC(=O)N1CCOCC1)C1CCCCC1)C(C)(C)C)C(C)(C)C21CCC1)C(=O)NS(=O)(=O)c1ccccc1NC. The van der Waals surface area contributed by atoms with Gasteiger partial charge < -0.3 is 35.8 Å². The van der Waals surface area contributed by atoms with Gasteiger partial charge in [-0.15, -0.1) is 6.58 Å². The summed E-state index contributed by atoms with van der Waals surface area (Å²) in [7, 11) is -2.77. The summed E-state index contributed by atoms with van der Waals surface area (Å²) in [6, 6.07) is 2.96. The van der Waals surface area contributed by atoms with Crippen LogP contribution in [0.25, 0.3) is 0 Å². The predicted molar refractivity (Wildman–Crippen MR) is 226 cm³/mol. The minimum atomic E-state index is -4.35. The molecule has 60 heavy (non-hydrogen) atoms. The van der Waals surface area contributed by atoms with Crippen LogP contribution in [0.4, 0.5) is 10.5 Å². The van der Waals surface area contributed by atoms with Gasteiger partial charge in [-0.1, -0.05) is 78.5 Å². The number of nitrogens with one attached hydrogen (secondary N) is 5. The first-order chi connectivity index (χ1) is 28.3. The van der Waals surface area contributed by atoms with Gasteiger partial charge in [0.05, 0.1) is 18.9 Å². The Morgan fingerprint density at radius 1 is 0.933 bits per heavy atom. The van der Waals surface area contributed by atoms with Crippen LogP contribution in [0, 0.1) is 33.5 Å². The molecule has 6 atom stereocenters. The molecule has 2 saturated heterocycles. The molecular formula is C44H65N7O8S. The highest BCUT2D eigenvalue weighted by molar-refractivity contribution is 7.90. The lowest BCUT2D eigenvalue weighted by molar-refractivity contribution is -0.145. The number of sulfonamides is 1. The number of likely N-dealkylation sites (tertiary alicyclic amines) is 1. The van der Waals surface area contributed by atoms with Crippen molar-refractivity contribution < 1.29 is 37.1 Å². The lowest BCUT2D eigenvalue weighted by Gasteiger charge is -2.38. The third-order valence-corrected chi connectivity index (χ3v) is 16.9. The van der Waals surface area contributed by atoms with Crippen molar-refractivity contribution in [3.63, 3.8) is 0 Å². The highest BCUT2D eigenvalue weighted by Gasteiger charge is 2.85. The van der Waals surface area contributed by atoms with Gasteiger partial charge >= 0.3 is 6.03 Å². The molecule has 6 aliphatic rings. The van der Waals surface area contributed by atoms with E-state index in [1.165, 1.54) is 12.1 Å². The van der Waals surface area contributed by atoms with Gasteiger partial charge in [-0.2, -0.15) is 0 Å². The zero-order chi connectivity index (χ0) is 43.5. The van der Waals surface area contributed by atoms with Crippen molar-refractivity contribution in [2.24, 2.45) is 33.5 Å². The van der Waals surface area contributed by atoms with E-state index in [9.17, 15) is 27.6 Å². The van der Waals surface area contributed by atoms with E-state index < -0.39 is 68.6 Å². The Kier molecular flexibility index (Phi) is 11.7. The number of amides is 6. The fourth-order valence-corrected chi connectivity index (χ4v) is 12.7. The van der Waals surface area contributed by atoms with E-state index >= 15 is 4.79 Å². The molecule has 6 amide bonds. The smallest absolute Gasteiger partial charge is 0.318 e. The van der Waals surface area contributed by atoms with Crippen molar-refractivity contribution in [1.82, 2.24) is 30.5 Å². The number of hydrogen-bond acceptors (Lipinski definition) is 9. The van der Waals surface area contributed by atoms with Gasteiger partial charge in [0.25, 0.3) is 15.9 Å². The molecule has 0 bridgehead atoms. The molecule has 0 unspecified atom stereocenters. The molecule has 16 heteroatoms. The van der Waals surface area contributed by atoms with Crippen LogP contribution in [0.1, 0.15) is 98.8 Å². The number of carbonyl (C=O) groups is 5. The second-order valence-corrected chi connectivity index (χ2v) is 21.4. The Labute approximate surface area is 355 Å².